The van der Waals surface area contributed by atoms with Crippen molar-refractivity contribution in [1.82, 2.24) is 19.6 Å². The molecule has 3 heterocycles. The molecule has 2 N–H and O–H groups in total. The molecule has 6 heteroatoms. The van der Waals surface area contributed by atoms with Gasteiger partial charge in [-0.05, 0) is 30.2 Å². The van der Waals surface area contributed by atoms with Crippen LogP contribution in [-0.2, 0) is 6.54 Å². The minimum Gasteiger partial charge on any atom is -0.387 e. The van der Waals surface area contributed by atoms with Crippen LogP contribution in [0.1, 0.15) is 22.5 Å². The Morgan fingerprint density at radius 2 is 2.08 bits per heavy atom. The molecule has 1 unspecified atom stereocenters. The Balaban J connectivity index is 1.34. The molecule has 6 nitrogen and oxygen atoms in total. The van der Waals surface area contributed by atoms with E-state index >= 15 is 0 Å². The van der Waals surface area contributed by atoms with Gasteiger partial charge in [-0.25, -0.2) is 4.98 Å². The number of amides is 1. The summed E-state index contributed by atoms with van der Waals surface area (Å²) in [4.78, 5) is 18.8. The van der Waals surface area contributed by atoms with E-state index < -0.39 is 5.60 Å². The van der Waals surface area contributed by atoms with Crippen LogP contribution >= 0.6 is 0 Å². The third-order valence-electron chi connectivity index (χ3n) is 4.89. The summed E-state index contributed by atoms with van der Waals surface area (Å²) >= 11 is 0. The molecule has 1 fully saturated rings. The van der Waals surface area contributed by atoms with Gasteiger partial charge in [-0.1, -0.05) is 30.3 Å². The number of likely N-dealkylation sites (tertiary alicyclic amines) is 1. The average molecular weight is 350 g/mol. The molecule has 134 valence electrons. The van der Waals surface area contributed by atoms with Gasteiger partial charge in [0.2, 0.25) is 0 Å². The first kappa shape index (κ1) is 16.8. The minimum atomic E-state index is -0.899. The second-order valence-electron chi connectivity index (χ2n) is 6.97. The number of carbonyl (C=O) groups is 1. The number of nitrogens with zero attached hydrogens (tertiary/aromatic N) is 3. The molecule has 3 aromatic rings. The van der Waals surface area contributed by atoms with Crippen molar-refractivity contribution in [3.63, 3.8) is 0 Å². The van der Waals surface area contributed by atoms with Crippen LogP contribution in [0.5, 0.6) is 0 Å². The van der Waals surface area contributed by atoms with Crippen LogP contribution in [0.15, 0.2) is 61.1 Å². The summed E-state index contributed by atoms with van der Waals surface area (Å²) in [6, 6.07) is 15.8. The second-order valence-corrected chi connectivity index (χ2v) is 6.97. The normalized spacial score (nSPS) is 20.5. The maximum atomic E-state index is 12.4. The van der Waals surface area contributed by atoms with Crippen molar-refractivity contribution >= 4 is 11.4 Å². The van der Waals surface area contributed by atoms with Gasteiger partial charge in [-0.15, -0.1) is 0 Å². The van der Waals surface area contributed by atoms with Crippen molar-refractivity contribution in [2.24, 2.45) is 0 Å². The third-order valence-corrected chi connectivity index (χ3v) is 4.89. The standard InChI is InChI=1S/C20H22N4O2/c25-19(18-11-17-7-4-9-24(17)15-22-18)21-13-20(26)8-10-23(14-20)12-16-5-2-1-3-6-16/h1-7,9,11,15,26H,8,10,12-14H2,(H,21,25). The molecule has 1 amide bonds. The summed E-state index contributed by atoms with van der Waals surface area (Å²) in [5, 5.41) is 13.6. The molecule has 1 aliphatic heterocycles. The molecule has 0 spiro atoms. The molecule has 2 aromatic heterocycles. The van der Waals surface area contributed by atoms with Gasteiger partial charge in [-0.2, -0.15) is 0 Å². The number of aliphatic hydroxyl groups is 1. The summed E-state index contributed by atoms with van der Waals surface area (Å²) in [5.41, 5.74) is 1.60. The van der Waals surface area contributed by atoms with Crippen molar-refractivity contribution in [2.75, 3.05) is 19.6 Å². The highest BCUT2D eigenvalue weighted by atomic mass is 16.3. The van der Waals surface area contributed by atoms with E-state index in [1.54, 1.807) is 12.4 Å². The fourth-order valence-corrected chi connectivity index (χ4v) is 3.46. The lowest BCUT2D eigenvalue weighted by molar-refractivity contribution is 0.0455. The molecule has 1 aromatic carbocycles. The SMILES string of the molecule is O=C(NCC1(O)CCN(Cc2ccccc2)C1)c1cc2cccn2cn1. The van der Waals surface area contributed by atoms with E-state index in [4.69, 9.17) is 0 Å². The lowest BCUT2D eigenvalue weighted by Crippen LogP contribution is -2.45. The Morgan fingerprint density at radius 3 is 2.92 bits per heavy atom. The predicted octanol–water partition coefficient (Wildman–Crippen LogP) is 1.70. The van der Waals surface area contributed by atoms with Crippen LogP contribution in [-0.4, -0.2) is 50.5 Å². The summed E-state index contributed by atoms with van der Waals surface area (Å²) in [7, 11) is 0. The molecular weight excluding hydrogens is 328 g/mol. The van der Waals surface area contributed by atoms with E-state index in [9.17, 15) is 9.90 Å². The topological polar surface area (TPSA) is 69.9 Å². The number of aromatic nitrogens is 2. The Kier molecular flexibility index (Phi) is 4.44. The number of β-amino-alcohol motifs (C(OH)–C–C–N with tert-alkyl or cyclic N) is 1. The predicted molar refractivity (Wildman–Crippen MR) is 98.8 cm³/mol. The zero-order chi connectivity index (χ0) is 18.0. The van der Waals surface area contributed by atoms with E-state index in [0.717, 1.165) is 18.6 Å². The molecule has 0 bridgehead atoms. The van der Waals surface area contributed by atoms with E-state index in [2.05, 4.69) is 27.3 Å². The van der Waals surface area contributed by atoms with Crippen LogP contribution < -0.4 is 5.32 Å². The van der Waals surface area contributed by atoms with Gasteiger partial charge in [0.05, 0.1) is 11.9 Å². The Bertz CT molecular complexity index is 908. The first-order valence-electron chi connectivity index (χ1n) is 8.81. The maximum Gasteiger partial charge on any atom is 0.270 e. The van der Waals surface area contributed by atoms with E-state index in [0.29, 0.717) is 18.7 Å². The highest BCUT2D eigenvalue weighted by Crippen LogP contribution is 2.22. The summed E-state index contributed by atoms with van der Waals surface area (Å²) in [6.45, 7) is 2.40. The van der Waals surface area contributed by atoms with E-state index in [1.165, 1.54) is 5.56 Å². The summed E-state index contributed by atoms with van der Waals surface area (Å²) < 4.78 is 1.85. The number of fused-ring (bicyclic) bond motifs is 1. The first-order chi connectivity index (χ1) is 12.6. The molecule has 0 saturated carbocycles. The zero-order valence-electron chi connectivity index (χ0n) is 14.5. The van der Waals surface area contributed by atoms with Crippen LogP contribution in [0.2, 0.25) is 0 Å². The molecule has 0 aliphatic carbocycles. The van der Waals surface area contributed by atoms with Gasteiger partial charge >= 0.3 is 0 Å². The van der Waals surface area contributed by atoms with Crippen LogP contribution in [0.25, 0.3) is 5.52 Å². The molecule has 1 aliphatic rings. The Labute approximate surface area is 152 Å². The molecule has 4 rings (SSSR count). The van der Waals surface area contributed by atoms with E-state index in [1.807, 2.05) is 40.9 Å². The third kappa shape index (κ3) is 3.61. The largest absolute Gasteiger partial charge is 0.387 e. The monoisotopic (exact) mass is 350 g/mol. The quantitative estimate of drug-likeness (QED) is 0.735. The lowest BCUT2D eigenvalue weighted by Gasteiger charge is -2.24. The van der Waals surface area contributed by atoms with Gasteiger partial charge in [0.1, 0.15) is 5.69 Å². The smallest absolute Gasteiger partial charge is 0.270 e. The second kappa shape index (κ2) is 6.90. The number of hydrogen-bond acceptors (Lipinski definition) is 4. The highest BCUT2D eigenvalue weighted by Gasteiger charge is 2.36. The molecule has 26 heavy (non-hydrogen) atoms. The highest BCUT2D eigenvalue weighted by molar-refractivity contribution is 5.93. The van der Waals surface area contributed by atoms with Crippen molar-refractivity contribution in [3.8, 4) is 0 Å². The van der Waals surface area contributed by atoms with Crippen molar-refractivity contribution in [1.29, 1.82) is 0 Å². The Morgan fingerprint density at radius 1 is 1.23 bits per heavy atom. The van der Waals surface area contributed by atoms with Gasteiger partial charge in [0.25, 0.3) is 5.91 Å². The lowest BCUT2D eigenvalue weighted by atomic mass is 10.0. The van der Waals surface area contributed by atoms with Crippen LogP contribution in [0.4, 0.5) is 0 Å². The fourth-order valence-electron chi connectivity index (χ4n) is 3.46. The Hall–Kier alpha value is -2.70. The molecule has 1 saturated heterocycles. The fraction of sp³-hybridized carbons (Fsp3) is 0.300. The van der Waals surface area contributed by atoms with Gasteiger partial charge in [0.15, 0.2) is 0 Å². The molecule has 1 atom stereocenters. The van der Waals surface area contributed by atoms with Gasteiger partial charge < -0.3 is 14.8 Å². The maximum absolute atomic E-state index is 12.4. The number of hydrogen-bond donors (Lipinski definition) is 2. The van der Waals surface area contributed by atoms with E-state index in [-0.39, 0.29) is 12.5 Å². The number of benzene rings is 1. The number of nitrogens with one attached hydrogen (secondary N) is 1. The van der Waals surface area contributed by atoms with Crippen molar-refractivity contribution in [2.45, 2.75) is 18.6 Å². The minimum absolute atomic E-state index is 0.227. The average Bonchev–Trinajstić information content (AvgIpc) is 3.27. The van der Waals surface area contributed by atoms with Crippen molar-refractivity contribution < 1.29 is 9.90 Å². The molecular formula is C20H22N4O2. The van der Waals surface area contributed by atoms with Crippen LogP contribution in [0.3, 0.4) is 0 Å². The summed E-state index contributed by atoms with van der Waals surface area (Å²) in [6.07, 6.45) is 4.15. The molecule has 0 radical (unpaired) electrons. The van der Waals surface area contributed by atoms with Gasteiger partial charge in [-0.3, -0.25) is 9.69 Å². The number of rotatable bonds is 5. The van der Waals surface area contributed by atoms with Gasteiger partial charge in [0, 0.05) is 37.9 Å². The first-order valence-corrected chi connectivity index (χ1v) is 8.81. The zero-order valence-corrected chi connectivity index (χ0v) is 14.5. The van der Waals surface area contributed by atoms with Crippen LogP contribution in [0, 0.1) is 0 Å². The summed E-state index contributed by atoms with van der Waals surface area (Å²) in [5.74, 6) is -0.261. The van der Waals surface area contributed by atoms with Crippen molar-refractivity contribution in [3.05, 3.63) is 72.3 Å². The number of carbonyl (C=O) groups excluding carboxylic acids is 1.